The zero-order valence-electron chi connectivity index (χ0n) is 25.5. The molecule has 6 nitrogen and oxygen atoms in total. The van der Waals surface area contributed by atoms with Gasteiger partial charge in [0.25, 0.3) is 0 Å². The van der Waals surface area contributed by atoms with Crippen LogP contribution >= 0.6 is 0 Å². The molecule has 8 heteroatoms. The van der Waals surface area contributed by atoms with E-state index in [0.717, 1.165) is 33.2 Å². The van der Waals surface area contributed by atoms with Crippen molar-refractivity contribution in [1.82, 2.24) is 0 Å². The SMILES string of the molecule is CC1(C)OB(c2cc3c(cc2C#N)C2c4ccccc4C3c3cc(C#N)c(B4OC(C)(C)C(C)(C)O4)cc32)OC1(C)C. The van der Waals surface area contributed by atoms with E-state index in [1.165, 1.54) is 11.1 Å². The molecular formula is C34H34B2N2O4. The van der Waals surface area contributed by atoms with Gasteiger partial charge in [0.05, 0.1) is 45.7 Å². The summed E-state index contributed by atoms with van der Waals surface area (Å²) in [6.07, 6.45) is 0. The molecule has 2 heterocycles. The van der Waals surface area contributed by atoms with Crippen molar-refractivity contribution in [3.63, 3.8) is 0 Å². The van der Waals surface area contributed by atoms with Crippen LogP contribution in [0.25, 0.3) is 0 Å². The number of nitriles is 2. The molecule has 0 spiro atoms. The smallest absolute Gasteiger partial charge is 0.399 e. The van der Waals surface area contributed by atoms with E-state index in [4.69, 9.17) is 18.6 Å². The van der Waals surface area contributed by atoms with Crippen LogP contribution in [0.2, 0.25) is 0 Å². The normalized spacial score (nSPS) is 24.9. The van der Waals surface area contributed by atoms with Crippen LogP contribution in [0.4, 0.5) is 0 Å². The third kappa shape index (κ3) is 3.60. The molecule has 0 amide bonds. The van der Waals surface area contributed by atoms with Crippen LogP contribution < -0.4 is 10.9 Å². The average Bonchev–Trinajstić information content (AvgIpc) is 3.30. The van der Waals surface area contributed by atoms with E-state index < -0.39 is 36.6 Å². The van der Waals surface area contributed by atoms with E-state index in [1.54, 1.807) is 0 Å². The third-order valence-corrected chi connectivity index (χ3v) is 10.6. The largest absolute Gasteiger partial charge is 0.496 e. The maximum Gasteiger partial charge on any atom is 0.496 e. The first-order chi connectivity index (χ1) is 19.7. The van der Waals surface area contributed by atoms with Gasteiger partial charge in [-0.15, -0.1) is 0 Å². The van der Waals surface area contributed by atoms with E-state index in [0.29, 0.717) is 11.1 Å². The van der Waals surface area contributed by atoms with Crippen LogP contribution in [-0.2, 0) is 18.6 Å². The second kappa shape index (κ2) is 8.59. The van der Waals surface area contributed by atoms with Gasteiger partial charge < -0.3 is 18.6 Å². The molecule has 2 bridgehead atoms. The predicted octanol–water partition coefficient (Wildman–Crippen LogP) is 5.02. The summed E-state index contributed by atoms with van der Waals surface area (Å²) in [5.74, 6) is -0.186. The zero-order chi connectivity index (χ0) is 30.0. The maximum absolute atomic E-state index is 10.3. The van der Waals surface area contributed by atoms with Gasteiger partial charge in [-0.2, -0.15) is 10.5 Å². The van der Waals surface area contributed by atoms with Crippen molar-refractivity contribution in [2.75, 3.05) is 0 Å². The van der Waals surface area contributed by atoms with Crippen molar-refractivity contribution < 1.29 is 18.6 Å². The van der Waals surface area contributed by atoms with E-state index in [1.807, 2.05) is 67.5 Å². The van der Waals surface area contributed by atoms with E-state index in [9.17, 15) is 10.5 Å². The molecular weight excluding hydrogens is 522 g/mol. The lowest BCUT2D eigenvalue weighted by Gasteiger charge is -2.43. The van der Waals surface area contributed by atoms with Crippen molar-refractivity contribution >= 4 is 25.2 Å². The van der Waals surface area contributed by atoms with Crippen molar-refractivity contribution in [2.24, 2.45) is 0 Å². The molecule has 42 heavy (non-hydrogen) atoms. The summed E-state index contributed by atoms with van der Waals surface area (Å²) < 4.78 is 25.6. The summed E-state index contributed by atoms with van der Waals surface area (Å²) >= 11 is 0. The van der Waals surface area contributed by atoms with E-state index in [2.05, 4.69) is 48.5 Å². The number of rotatable bonds is 2. The first kappa shape index (κ1) is 27.4. The van der Waals surface area contributed by atoms with Gasteiger partial charge in [0.15, 0.2) is 0 Å². The van der Waals surface area contributed by atoms with Gasteiger partial charge in [0.2, 0.25) is 0 Å². The van der Waals surface area contributed by atoms with Crippen molar-refractivity contribution in [3.05, 3.63) is 93.0 Å². The van der Waals surface area contributed by atoms with Gasteiger partial charge in [-0.25, -0.2) is 0 Å². The number of benzene rings is 3. The molecule has 2 saturated heterocycles. The molecule has 0 N–H and O–H groups in total. The van der Waals surface area contributed by atoms with Crippen LogP contribution in [0.5, 0.6) is 0 Å². The Kier molecular flexibility index (Phi) is 5.61. The topological polar surface area (TPSA) is 84.5 Å². The number of hydrogen-bond donors (Lipinski definition) is 0. The predicted molar refractivity (Wildman–Crippen MR) is 162 cm³/mol. The molecule has 2 aliphatic heterocycles. The summed E-state index contributed by atoms with van der Waals surface area (Å²) in [5, 5.41) is 20.7. The number of hydrogen-bond acceptors (Lipinski definition) is 6. The fraction of sp³-hybridized carbons (Fsp3) is 0.412. The second-order valence-corrected chi connectivity index (χ2v) is 14.0. The standard InChI is InChI=1S/C34H34B2N2O4/c1-31(2)32(3,4)40-35(39-31)27-15-25-23(13-19(27)17-37)30-22-12-10-9-11-21(22)29(25)24-14-20(18-38)28(16-26(24)30)36-41-33(5,6)34(7,8)42-36/h9-16,29-30H,1-8H3. The lowest BCUT2D eigenvalue weighted by atomic mass is 9.58. The van der Waals surface area contributed by atoms with Crippen LogP contribution in [-0.4, -0.2) is 36.6 Å². The Balaban J connectivity index is 1.41. The average molecular weight is 556 g/mol. The van der Waals surface area contributed by atoms with Crippen molar-refractivity contribution in [2.45, 2.75) is 89.6 Å². The van der Waals surface area contributed by atoms with Gasteiger partial charge in [-0.3, -0.25) is 0 Å². The minimum Gasteiger partial charge on any atom is -0.399 e. The Hall–Kier alpha value is -3.39. The molecule has 5 aliphatic rings. The third-order valence-electron chi connectivity index (χ3n) is 10.6. The summed E-state index contributed by atoms with van der Waals surface area (Å²) in [7, 11) is -1.30. The van der Waals surface area contributed by atoms with Crippen LogP contribution in [0.3, 0.4) is 0 Å². The molecule has 3 aromatic rings. The Morgan fingerprint density at radius 2 is 0.833 bits per heavy atom. The fourth-order valence-corrected chi connectivity index (χ4v) is 6.87. The minimum atomic E-state index is -0.648. The fourth-order valence-electron chi connectivity index (χ4n) is 6.87. The summed E-state index contributed by atoms with van der Waals surface area (Å²) in [4.78, 5) is 0. The number of nitrogens with zero attached hydrogens (tertiary/aromatic N) is 2. The van der Waals surface area contributed by atoms with E-state index in [-0.39, 0.29) is 11.8 Å². The highest BCUT2D eigenvalue weighted by Crippen LogP contribution is 2.56. The summed E-state index contributed by atoms with van der Waals surface area (Å²) in [5.41, 5.74) is 7.41. The molecule has 0 saturated carbocycles. The Morgan fingerprint density at radius 3 is 1.14 bits per heavy atom. The molecule has 2 unspecified atom stereocenters. The highest BCUT2D eigenvalue weighted by atomic mass is 16.7. The lowest BCUT2D eigenvalue weighted by molar-refractivity contribution is 0.00578. The van der Waals surface area contributed by atoms with Gasteiger partial charge in [-0.05, 0) is 101 Å². The molecule has 2 fully saturated rings. The van der Waals surface area contributed by atoms with Crippen LogP contribution in [0.1, 0.15) is 112 Å². The Labute approximate surface area is 248 Å². The lowest BCUT2D eigenvalue weighted by Crippen LogP contribution is -2.41. The minimum absolute atomic E-state index is 0.0930. The summed E-state index contributed by atoms with van der Waals surface area (Å²) in [6, 6.07) is 21.6. The molecule has 3 aliphatic carbocycles. The van der Waals surface area contributed by atoms with Crippen LogP contribution in [0.15, 0.2) is 48.5 Å². The highest BCUT2D eigenvalue weighted by Gasteiger charge is 2.55. The van der Waals surface area contributed by atoms with Gasteiger partial charge in [0.1, 0.15) is 0 Å². The quantitative estimate of drug-likeness (QED) is 0.284. The molecule has 210 valence electrons. The zero-order valence-corrected chi connectivity index (χ0v) is 25.5. The van der Waals surface area contributed by atoms with Gasteiger partial charge in [0, 0.05) is 22.8 Å². The van der Waals surface area contributed by atoms with Crippen molar-refractivity contribution in [3.8, 4) is 12.1 Å². The first-order valence-corrected chi connectivity index (χ1v) is 14.7. The molecule has 8 rings (SSSR count). The van der Waals surface area contributed by atoms with Gasteiger partial charge in [-0.1, -0.05) is 36.4 Å². The molecule has 2 atom stereocenters. The van der Waals surface area contributed by atoms with E-state index >= 15 is 0 Å². The summed E-state index contributed by atoms with van der Waals surface area (Å²) in [6.45, 7) is 16.2. The monoisotopic (exact) mass is 556 g/mol. The van der Waals surface area contributed by atoms with Gasteiger partial charge >= 0.3 is 14.2 Å². The Bertz CT molecular complexity index is 1600. The molecule has 0 aromatic heterocycles. The molecule has 0 radical (unpaired) electrons. The molecule has 3 aromatic carbocycles. The first-order valence-electron chi connectivity index (χ1n) is 14.7. The highest BCUT2D eigenvalue weighted by molar-refractivity contribution is 6.63. The Morgan fingerprint density at radius 1 is 0.524 bits per heavy atom. The second-order valence-electron chi connectivity index (χ2n) is 14.0. The van der Waals surface area contributed by atoms with Crippen LogP contribution in [0, 0.1) is 22.7 Å². The van der Waals surface area contributed by atoms with Crippen molar-refractivity contribution in [1.29, 1.82) is 10.5 Å². The maximum atomic E-state index is 10.3.